The number of amides is 2. The molecule has 1 aliphatic heterocycles. The number of nitrogens with zero attached hydrogens (tertiary/aromatic N) is 2. The number of rotatable bonds is 7. The number of benzene rings is 3. The number of hydrogen-bond acceptors (Lipinski definition) is 5. The van der Waals surface area contributed by atoms with E-state index in [1.54, 1.807) is 36.4 Å². The average Bonchev–Trinajstić information content (AvgIpc) is 3.04. The molecule has 6 heteroatoms. The van der Waals surface area contributed by atoms with Crippen LogP contribution in [-0.2, 0) is 4.84 Å². The number of ketones is 1. The molecular weight excluding hydrogens is 404 g/mol. The molecule has 32 heavy (non-hydrogen) atoms. The number of hydroxylamine groups is 2. The summed E-state index contributed by atoms with van der Waals surface area (Å²) in [5.41, 5.74) is 4.03. The van der Waals surface area contributed by atoms with E-state index in [1.807, 2.05) is 62.2 Å². The molecule has 3 aromatic rings. The van der Waals surface area contributed by atoms with E-state index in [2.05, 4.69) is 0 Å². The topological polar surface area (TPSA) is 66.9 Å². The van der Waals surface area contributed by atoms with Gasteiger partial charge < -0.3 is 4.90 Å². The molecular formula is C26H24N2O4. The van der Waals surface area contributed by atoms with Gasteiger partial charge in [0.2, 0.25) is 0 Å². The molecule has 1 aliphatic rings. The molecule has 0 N–H and O–H groups in total. The fourth-order valence-corrected chi connectivity index (χ4v) is 3.61. The van der Waals surface area contributed by atoms with E-state index >= 15 is 0 Å². The van der Waals surface area contributed by atoms with Crippen LogP contribution in [0.5, 0.6) is 0 Å². The number of aryl methyl sites for hydroxylation is 2. The van der Waals surface area contributed by atoms with Crippen molar-refractivity contribution in [1.29, 1.82) is 0 Å². The molecule has 1 atom stereocenters. The van der Waals surface area contributed by atoms with Crippen molar-refractivity contribution in [3.05, 3.63) is 101 Å². The van der Waals surface area contributed by atoms with Crippen molar-refractivity contribution in [1.82, 2.24) is 5.06 Å². The number of carbonyl (C=O) groups excluding carboxylic acids is 3. The van der Waals surface area contributed by atoms with Gasteiger partial charge in [0, 0.05) is 18.3 Å². The molecule has 0 saturated carbocycles. The summed E-state index contributed by atoms with van der Waals surface area (Å²) in [5.74, 6) is -1.43. The minimum Gasteiger partial charge on any atom is -0.371 e. The van der Waals surface area contributed by atoms with Crippen molar-refractivity contribution >= 4 is 23.3 Å². The van der Waals surface area contributed by atoms with Crippen LogP contribution in [0.15, 0.2) is 72.8 Å². The van der Waals surface area contributed by atoms with Gasteiger partial charge in [-0.1, -0.05) is 59.7 Å². The monoisotopic (exact) mass is 428 g/mol. The van der Waals surface area contributed by atoms with Crippen LogP contribution in [0.1, 0.15) is 42.2 Å². The van der Waals surface area contributed by atoms with E-state index in [4.69, 9.17) is 4.84 Å². The SMILES string of the molecule is Cc1ccc(C(=O)C(CN(C)c2ccc(C)cc2)ON2C(=O)c3ccccc3C2=O)cc1. The molecule has 0 saturated heterocycles. The molecule has 4 rings (SSSR count). The van der Waals surface area contributed by atoms with Crippen LogP contribution in [0.25, 0.3) is 0 Å². The molecule has 6 nitrogen and oxygen atoms in total. The minimum absolute atomic E-state index is 0.156. The van der Waals surface area contributed by atoms with Crippen molar-refractivity contribution in [2.45, 2.75) is 20.0 Å². The molecule has 0 bridgehead atoms. The maximum atomic E-state index is 13.4. The van der Waals surface area contributed by atoms with E-state index in [1.165, 1.54) is 0 Å². The number of carbonyl (C=O) groups is 3. The van der Waals surface area contributed by atoms with Crippen LogP contribution < -0.4 is 4.90 Å². The van der Waals surface area contributed by atoms with Gasteiger partial charge in [-0.3, -0.25) is 14.4 Å². The second-order valence-corrected chi connectivity index (χ2v) is 7.99. The lowest BCUT2D eigenvalue weighted by atomic mass is 10.0. The summed E-state index contributed by atoms with van der Waals surface area (Å²) in [5, 5.41) is 0.713. The van der Waals surface area contributed by atoms with Crippen LogP contribution in [-0.4, -0.2) is 42.4 Å². The molecule has 0 spiro atoms. The number of fused-ring (bicyclic) bond motifs is 1. The van der Waals surface area contributed by atoms with Crippen LogP contribution >= 0.6 is 0 Å². The van der Waals surface area contributed by atoms with E-state index in [9.17, 15) is 14.4 Å². The normalized spacial score (nSPS) is 13.8. The Hall–Kier alpha value is -3.77. The number of anilines is 1. The summed E-state index contributed by atoms with van der Waals surface area (Å²) < 4.78 is 0. The molecule has 1 unspecified atom stereocenters. The lowest BCUT2D eigenvalue weighted by Crippen LogP contribution is -2.44. The Morgan fingerprint density at radius 1 is 0.844 bits per heavy atom. The van der Waals surface area contributed by atoms with Gasteiger partial charge in [-0.2, -0.15) is 0 Å². The maximum Gasteiger partial charge on any atom is 0.285 e. The summed E-state index contributed by atoms with van der Waals surface area (Å²) in [7, 11) is 1.84. The highest BCUT2D eigenvalue weighted by Gasteiger charge is 2.39. The summed E-state index contributed by atoms with van der Waals surface area (Å²) in [4.78, 5) is 46.6. The smallest absolute Gasteiger partial charge is 0.285 e. The first-order valence-corrected chi connectivity index (χ1v) is 10.4. The quantitative estimate of drug-likeness (QED) is 0.416. The van der Waals surface area contributed by atoms with Gasteiger partial charge in [0.25, 0.3) is 11.8 Å². The highest BCUT2D eigenvalue weighted by Crippen LogP contribution is 2.25. The second-order valence-electron chi connectivity index (χ2n) is 7.99. The van der Waals surface area contributed by atoms with Crippen LogP contribution in [0.4, 0.5) is 5.69 Å². The fraction of sp³-hybridized carbons (Fsp3) is 0.192. The van der Waals surface area contributed by atoms with E-state index in [-0.39, 0.29) is 23.5 Å². The Labute approximate surface area is 187 Å². The third-order valence-corrected chi connectivity index (χ3v) is 5.53. The first kappa shape index (κ1) is 21.5. The summed E-state index contributed by atoms with van der Waals surface area (Å²) in [6.45, 7) is 4.09. The molecule has 2 amide bonds. The molecule has 0 aromatic heterocycles. The van der Waals surface area contributed by atoms with Gasteiger partial charge in [-0.15, -0.1) is 5.06 Å². The lowest BCUT2D eigenvalue weighted by Gasteiger charge is -2.27. The Balaban J connectivity index is 1.62. The second kappa shape index (κ2) is 8.77. The van der Waals surface area contributed by atoms with Gasteiger partial charge in [-0.05, 0) is 38.1 Å². The van der Waals surface area contributed by atoms with Gasteiger partial charge in [-0.25, -0.2) is 4.84 Å². The third-order valence-electron chi connectivity index (χ3n) is 5.53. The largest absolute Gasteiger partial charge is 0.371 e. The van der Waals surface area contributed by atoms with Crippen LogP contribution in [0, 0.1) is 13.8 Å². The molecule has 1 heterocycles. The fourth-order valence-electron chi connectivity index (χ4n) is 3.61. The standard InChI is InChI=1S/C26H24N2O4/c1-17-8-12-19(13-9-17)24(29)23(16-27(3)20-14-10-18(2)11-15-20)32-28-25(30)21-6-4-5-7-22(21)26(28)31/h4-15,23H,16H2,1-3H3. The van der Waals surface area contributed by atoms with Crippen molar-refractivity contribution in [3.63, 3.8) is 0 Å². The summed E-state index contributed by atoms with van der Waals surface area (Å²) in [6.07, 6.45) is -1.06. The van der Waals surface area contributed by atoms with Crippen molar-refractivity contribution in [2.75, 3.05) is 18.5 Å². The predicted molar refractivity (Wildman–Crippen MR) is 122 cm³/mol. The Kier molecular flexibility index (Phi) is 5.88. The maximum absolute atomic E-state index is 13.4. The van der Waals surface area contributed by atoms with Crippen LogP contribution in [0.2, 0.25) is 0 Å². The Bertz CT molecular complexity index is 1130. The molecule has 162 valence electrons. The molecule has 0 fully saturated rings. The summed E-state index contributed by atoms with van der Waals surface area (Å²) >= 11 is 0. The Morgan fingerprint density at radius 3 is 1.88 bits per heavy atom. The van der Waals surface area contributed by atoms with E-state index in [0.29, 0.717) is 10.6 Å². The van der Waals surface area contributed by atoms with Crippen molar-refractivity contribution < 1.29 is 19.2 Å². The van der Waals surface area contributed by atoms with Crippen molar-refractivity contribution in [3.8, 4) is 0 Å². The number of Topliss-reactive ketones (excluding diaryl/α,β-unsaturated/α-hetero) is 1. The van der Waals surface area contributed by atoms with E-state index < -0.39 is 17.9 Å². The van der Waals surface area contributed by atoms with Gasteiger partial charge in [0.1, 0.15) is 0 Å². The first-order chi connectivity index (χ1) is 15.3. The predicted octanol–water partition coefficient (Wildman–Crippen LogP) is 4.22. The zero-order chi connectivity index (χ0) is 22.8. The number of likely N-dealkylation sites (N-methyl/N-ethyl adjacent to an activating group) is 1. The molecule has 3 aromatic carbocycles. The lowest BCUT2D eigenvalue weighted by molar-refractivity contribution is -0.114. The zero-order valence-corrected chi connectivity index (χ0v) is 18.2. The summed E-state index contributed by atoms with van der Waals surface area (Å²) in [6, 6.07) is 21.5. The number of imide groups is 1. The van der Waals surface area contributed by atoms with Gasteiger partial charge in [0.05, 0.1) is 17.7 Å². The zero-order valence-electron chi connectivity index (χ0n) is 18.2. The molecule has 0 radical (unpaired) electrons. The Morgan fingerprint density at radius 2 is 1.34 bits per heavy atom. The van der Waals surface area contributed by atoms with Crippen molar-refractivity contribution in [2.24, 2.45) is 0 Å². The highest BCUT2D eigenvalue weighted by atomic mass is 16.7. The first-order valence-electron chi connectivity index (χ1n) is 10.4. The number of hydrogen-bond donors (Lipinski definition) is 0. The van der Waals surface area contributed by atoms with Gasteiger partial charge >= 0.3 is 0 Å². The van der Waals surface area contributed by atoms with Gasteiger partial charge in [0.15, 0.2) is 11.9 Å². The minimum atomic E-state index is -1.06. The molecule has 0 aliphatic carbocycles. The average molecular weight is 428 g/mol. The van der Waals surface area contributed by atoms with Crippen LogP contribution in [0.3, 0.4) is 0 Å². The highest BCUT2D eigenvalue weighted by molar-refractivity contribution is 6.20. The van der Waals surface area contributed by atoms with E-state index in [0.717, 1.165) is 16.8 Å². The third kappa shape index (κ3) is 4.18.